The summed E-state index contributed by atoms with van der Waals surface area (Å²) in [5.41, 5.74) is 4.60. The van der Waals surface area contributed by atoms with Gasteiger partial charge in [-0.1, -0.05) is 17.2 Å². The first-order valence-corrected chi connectivity index (χ1v) is 11.7. The standard InChI is InChI=1S/C24H21F6N5O4/c25-17-10-16-19(9-15(17)20-32-33-22(38-20)34-5-7-37-8-6-34)35(21(36)18(31)11-23(16,26)27)12-13-1-3-14(4-2-13)39-24(28,29)30/h1-4,9-10,18H,5-8,11-12,31H2/t18-/m1/s1. The van der Waals surface area contributed by atoms with Gasteiger partial charge in [0.15, 0.2) is 0 Å². The zero-order valence-electron chi connectivity index (χ0n) is 20.1. The number of nitrogens with two attached hydrogens (primary N) is 1. The van der Waals surface area contributed by atoms with Crippen molar-refractivity contribution in [3.05, 3.63) is 53.3 Å². The maximum atomic E-state index is 15.2. The number of morpholine rings is 1. The van der Waals surface area contributed by atoms with Crippen LogP contribution in [-0.2, 0) is 22.0 Å². The van der Waals surface area contributed by atoms with Crippen LogP contribution in [0, 0.1) is 5.82 Å². The number of rotatable bonds is 5. The van der Waals surface area contributed by atoms with Gasteiger partial charge in [-0.25, -0.2) is 13.2 Å². The summed E-state index contributed by atoms with van der Waals surface area (Å²) < 4.78 is 97.7. The average Bonchev–Trinajstić information content (AvgIpc) is 3.35. The first kappa shape index (κ1) is 26.7. The number of hydrogen-bond donors (Lipinski definition) is 1. The topological polar surface area (TPSA) is 107 Å². The Bertz CT molecular complexity index is 1360. The predicted molar refractivity (Wildman–Crippen MR) is 124 cm³/mol. The Kier molecular flexibility index (Phi) is 6.88. The van der Waals surface area contributed by atoms with Gasteiger partial charge in [-0.05, 0) is 29.8 Å². The number of halogens is 6. The quantitative estimate of drug-likeness (QED) is 0.470. The van der Waals surface area contributed by atoms with Crippen LogP contribution in [-0.4, -0.2) is 54.8 Å². The van der Waals surface area contributed by atoms with Crippen LogP contribution in [0.1, 0.15) is 17.5 Å². The Morgan fingerprint density at radius 2 is 1.79 bits per heavy atom. The van der Waals surface area contributed by atoms with Crippen molar-refractivity contribution in [3.8, 4) is 17.2 Å². The van der Waals surface area contributed by atoms with Crippen LogP contribution in [0.4, 0.5) is 38.0 Å². The summed E-state index contributed by atoms with van der Waals surface area (Å²) in [5.74, 6) is -6.44. The Hall–Kier alpha value is -3.85. The highest BCUT2D eigenvalue weighted by Gasteiger charge is 2.45. The fourth-order valence-corrected chi connectivity index (χ4v) is 4.38. The highest BCUT2D eigenvalue weighted by Crippen LogP contribution is 2.45. The SMILES string of the molecule is N[C@@H]1CC(F)(F)c2cc(F)c(-c3nnc(N4CCOCC4)o3)cc2N(Cc2ccc(OC(F)(F)F)cc2)C1=O. The smallest absolute Gasteiger partial charge is 0.406 e. The van der Waals surface area contributed by atoms with Gasteiger partial charge < -0.3 is 29.4 Å². The average molecular weight is 557 g/mol. The highest BCUT2D eigenvalue weighted by molar-refractivity contribution is 5.99. The maximum Gasteiger partial charge on any atom is 0.573 e. The molecule has 0 unspecified atom stereocenters. The van der Waals surface area contributed by atoms with Crippen molar-refractivity contribution in [1.29, 1.82) is 0 Å². The van der Waals surface area contributed by atoms with Crippen LogP contribution < -0.4 is 20.3 Å². The summed E-state index contributed by atoms with van der Waals surface area (Å²) >= 11 is 0. The Morgan fingerprint density at radius 3 is 2.46 bits per heavy atom. The molecule has 0 aliphatic carbocycles. The number of fused-ring (bicyclic) bond motifs is 1. The van der Waals surface area contributed by atoms with E-state index in [0.29, 0.717) is 32.4 Å². The molecule has 39 heavy (non-hydrogen) atoms. The number of anilines is 2. The van der Waals surface area contributed by atoms with Crippen molar-refractivity contribution in [1.82, 2.24) is 10.2 Å². The molecule has 9 nitrogen and oxygen atoms in total. The van der Waals surface area contributed by atoms with Crippen LogP contribution >= 0.6 is 0 Å². The molecule has 1 saturated heterocycles. The van der Waals surface area contributed by atoms with Crippen LogP contribution in [0.25, 0.3) is 11.5 Å². The largest absolute Gasteiger partial charge is 0.573 e. The molecule has 2 N–H and O–H groups in total. The molecule has 5 rings (SSSR count). The minimum absolute atomic E-state index is 0.0871. The fourth-order valence-electron chi connectivity index (χ4n) is 4.38. The normalized spacial score (nSPS) is 19.6. The van der Waals surface area contributed by atoms with Crippen molar-refractivity contribution >= 4 is 17.6 Å². The molecule has 1 amide bonds. The predicted octanol–water partition coefficient (Wildman–Crippen LogP) is 3.97. The van der Waals surface area contributed by atoms with Gasteiger partial charge >= 0.3 is 12.4 Å². The fraction of sp³-hybridized carbons (Fsp3) is 0.375. The number of alkyl halides is 5. The van der Waals surface area contributed by atoms with Crippen molar-refractivity contribution < 1.29 is 45.0 Å². The van der Waals surface area contributed by atoms with E-state index in [1.807, 2.05) is 0 Å². The van der Waals surface area contributed by atoms with E-state index in [1.54, 1.807) is 4.90 Å². The van der Waals surface area contributed by atoms with E-state index in [4.69, 9.17) is 14.9 Å². The monoisotopic (exact) mass is 557 g/mol. The second kappa shape index (κ2) is 10.0. The van der Waals surface area contributed by atoms with E-state index in [9.17, 15) is 18.0 Å². The van der Waals surface area contributed by atoms with Gasteiger partial charge in [0, 0.05) is 25.1 Å². The van der Waals surface area contributed by atoms with Gasteiger partial charge in [0.1, 0.15) is 11.6 Å². The Balaban J connectivity index is 1.53. The summed E-state index contributed by atoms with van der Waals surface area (Å²) in [7, 11) is 0. The van der Waals surface area contributed by atoms with E-state index in [-0.39, 0.29) is 35.3 Å². The minimum atomic E-state index is -4.91. The number of carbonyl (C=O) groups excluding carboxylic acids is 1. The van der Waals surface area contributed by atoms with Crippen molar-refractivity contribution in [2.45, 2.75) is 31.3 Å². The lowest BCUT2D eigenvalue weighted by molar-refractivity contribution is -0.274. The highest BCUT2D eigenvalue weighted by atomic mass is 19.4. The maximum absolute atomic E-state index is 15.2. The third kappa shape index (κ3) is 5.63. The number of nitrogens with zero attached hydrogens (tertiary/aromatic N) is 4. The van der Waals surface area contributed by atoms with Gasteiger partial charge in [0.2, 0.25) is 5.91 Å². The molecule has 0 radical (unpaired) electrons. The van der Waals surface area contributed by atoms with Gasteiger partial charge in [0.25, 0.3) is 11.8 Å². The molecule has 1 aromatic heterocycles. The molecule has 0 bridgehead atoms. The van der Waals surface area contributed by atoms with Gasteiger partial charge in [-0.15, -0.1) is 18.3 Å². The van der Waals surface area contributed by atoms with Crippen molar-refractivity contribution in [3.63, 3.8) is 0 Å². The number of ether oxygens (including phenoxy) is 2. The number of amides is 1. The Labute approximate surface area is 217 Å². The lowest BCUT2D eigenvalue weighted by atomic mass is 9.99. The third-order valence-electron chi connectivity index (χ3n) is 6.25. The Morgan fingerprint density at radius 1 is 1.10 bits per heavy atom. The first-order chi connectivity index (χ1) is 18.4. The molecular formula is C24H21F6N5O4. The molecule has 208 valence electrons. The summed E-state index contributed by atoms with van der Waals surface area (Å²) in [6.45, 7) is 1.39. The molecule has 1 atom stereocenters. The van der Waals surface area contributed by atoms with Crippen LogP contribution in [0.3, 0.4) is 0 Å². The summed E-state index contributed by atoms with van der Waals surface area (Å²) in [4.78, 5) is 15.8. The van der Waals surface area contributed by atoms with Crippen LogP contribution in [0.2, 0.25) is 0 Å². The lowest BCUT2D eigenvalue weighted by Crippen LogP contribution is -2.43. The third-order valence-corrected chi connectivity index (χ3v) is 6.25. The molecule has 1 fully saturated rings. The molecule has 3 heterocycles. The van der Waals surface area contributed by atoms with Crippen LogP contribution in [0.15, 0.2) is 40.8 Å². The molecule has 2 aromatic carbocycles. The second-order valence-corrected chi connectivity index (χ2v) is 8.97. The molecule has 15 heteroatoms. The van der Waals surface area contributed by atoms with Gasteiger partial charge in [0.05, 0.1) is 37.1 Å². The molecule has 3 aromatic rings. The van der Waals surface area contributed by atoms with Crippen molar-refractivity contribution in [2.75, 3.05) is 36.1 Å². The zero-order valence-corrected chi connectivity index (χ0v) is 20.1. The number of hydrogen-bond acceptors (Lipinski definition) is 8. The zero-order chi connectivity index (χ0) is 27.9. The van der Waals surface area contributed by atoms with E-state index >= 15 is 13.2 Å². The molecular weight excluding hydrogens is 536 g/mol. The van der Waals surface area contributed by atoms with E-state index in [2.05, 4.69) is 14.9 Å². The van der Waals surface area contributed by atoms with Gasteiger partial charge in [-0.2, -0.15) is 0 Å². The number of aromatic nitrogens is 2. The summed E-state index contributed by atoms with van der Waals surface area (Å²) in [6, 6.07) is 4.56. The second-order valence-electron chi connectivity index (χ2n) is 8.97. The molecule has 2 aliphatic rings. The minimum Gasteiger partial charge on any atom is -0.406 e. The summed E-state index contributed by atoms with van der Waals surface area (Å²) in [5, 5.41) is 7.76. The lowest BCUT2D eigenvalue weighted by Gasteiger charge is -2.26. The van der Waals surface area contributed by atoms with Crippen molar-refractivity contribution in [2.24, 2.45) is 5.73 Å². The number of carbonyl (C=O) groups is 1. The van der Waals surface area contributed by atoms with Crippen LogP contribution in [0.5, 0.6) is 5.75 Å². The molecule has 2 aliphatic heterocycles. The first-order valence-electron chi connectivity index (χ1n) is 11.7. The molecule has 0 saturated carbocycles. The van der Waals surface area contributed by atoms with E-state index < -0.39 is 47.8 Å². The molecule has 0 spiro atoms. The van der Waals surface area contributed by atoms with Gasteiger partial charge in [-0.3, -0.25) is 4.79 Å². The van der Waals surface area contributed by atoms with E-state index in [1.165, 1.54) is 12.1 Å². The number of benzene rings is 2. The summed E-state index contributed by atoms with van der Waals surface area (Å²) in [6.07, 6.45) is -5.98. The van der Waals surface area contributed by atoms with E-state index in [0.717, 1.165) is 23.1 Å².